The molecule has 0 radical (unpaired) electrons. The molecule has 1 aliphatic rings. The van der Waals surface area contributed by atoms with Gasteiger partial charge in [0, 0.05) is 19.1 Å². The summed E-state index contributed by atoms with van der Waals surface area (Å²) < 4.78 is 7.00. The molecule has 134 valence electrons. The SMILES string of the molecule is CC(C)(C)OC(=O)N1CCC(n2cnc3ccc(O)cc3c2=O)CC1. The number of aromatic nitrogens is 2. The largest absolute Gasteiger partial charge is 0.508 e. The van der Waals surface area contributed by atoms with Crippen LogP contribution in [0, 0.1) is 0 Å². The molecule has 1 aromatic heterocycles. The number of likely N-dealkylation sites (tertiary alicyclic amines) is 1. The molecular weight excluding hydrogens is 322 g/mol. The van der Waals surface area contributed by atoms with Crippen LogP contribution in [-0.4, -0.2) is 44.3 Å². The molecule has 2 aromatic rings. The molecule has 0 unspecified atom stereocenters. The van der Waals surface area contributed by atoms with Crippen LogP contribution in [-0.2, 0) is 4.74 Å². The van der Waals surface area contributed by atoms with E-state index in [1.54, 1.807) is 21.9 Å². The lowest BCUT2D eigenvalue weighted by molar-refractivity contribution is 0.0187. The molecule has 0 saturated carbocycles. The lowest BCUT2D eigenvalue weighted by Gasteiger charge is -2.34. The van der Waals surface area contributed by atoms with Gasteiger partial charge in [0.15, 0.2) is 0 Å². The summed E-state index contributed by atoms with van der Waals surface area (Å²) in [6.45, 7) is 6.59. The summed E-state index contributed by atoms with van der Waals surface area (Å²) in [5, 5.41) is 10.0. The van der Waals surface area contributed by atoms with Gasteiger partial charge in [0.25, 0.3) is 5.56 Å². The maximum Gasteiger partial charge on any atom is 0.410 e. The number of amides is 1. The molecule has 1 fully saturated rings. The van der Waals surface area contributed by atoms with Crippen molar-refractivity contribution >= 4 is 17.0 Å². The van der Waals surface area contributed by atoms with Crippen LogP contribution in [0.5, 0.6) is 5.75 Å². The maximum absolute atomic E-state index is 12.7. The fraction of sp³-hybridized carbons (Fsp3) is 0.500. The van der Waals surface area contributed by atoms with Crippen molar-refractivity contribution in [2.24, 2.45) is 0 Å². The number of rotatable bonds is 1. The van der Waals surface area contributed by atoms with Crippen molar-refractivity contribution in [3.8, 4) is 5.75 Å². The van der Waals surface area contributed by atoms with Gasteiger partial charge in [-0.25, -0.2) is 9.78 Å². The first-order valence-corrected chi connectivity index (χ1v) is 8.42. The van der Waals surface area contributed by atoms with E-state index >= 15 is 0 Å². The first-order valence-electron chi connectivity index (χ1n) is 8.42. The predicted octanol–water partition coefficient (Wildman–Crippen LogP) is 2.67. The molecule has 0 spiro atoms. The maximum atomic E-state index is 12.7. The Morgan fingerprint density at radius 2 is 1.96 bits per heavy atom. The Hall–Kier alpha value is -2.57. The summed E-state index contributed by atoms with van der Waals surface area (Å²) in [5.74, 6) is 0.0453. The Morgan fingerprint density at radius 3 is 2.60 bits per heavy atom. The van der Waals surface area contributed by atoms with E-state index in [4.69, 9.17) is 4.74 Å². The second-order valence-electron chi connectivity index (χ2n) is 7.36. The van der Waals surface area contributed by atoms with E-state index in [1.165, 1.54) is 12.1 Å². The van der Waals surface area contributed by atoms with Crippen molar-refractivity contribution in [3.05, 3.63) is 34.9 Å². The number of benzene rings is 1. The minimum Gasteiger partial charge on any atom is -0.508 e. The van der Waals surface area contributed by atoms with Crippen molar-refractivity contribution < 1.29 is 14.6 Å². The van der Waals surface area contributed by atoms with Crippen molar-refractivity contribution in [3.63, 3.8) is 0 Å². The van der Waals surface area contributed by atoms with E-state index in [-0.39, 0.29) is 23.4 Å². The van der Waals surface area contributed by atoms with Crippen LogP contribution in [0.3, 0.4) is 0 Å². The average molecular weight is 345 g/mol. The second-order valence-corrected chi connectivity index (χ2v) is 7.36. The topological polar surface area (TPSA) is 84.7 Å². The summed E-state index contributed by atoms with van der Waals surface area (Å²) in [4.78, 5) is 30.8. The van der Waals surface area contributed by atoms with Crippen molar-refractivity contribution in [2.75, 3.05) is 13.1 Å². The van der Waals surface area contributed by atoms with E-state index in [9.17, 15) is 14.7 Å². The number of carbonyl (C=O) groups excluding carboxylic acids is 1. The minimum absolute atomic E-state index is 0.0227. The Morgan fingerprint density at radius 1 is 1.28 bits per heavy atom. The van der Waals surface area contributed by atoms with E-state index in [1.807, 2.05) is 20.8 Å². The molecule has 25 heavy (non-hydrogen) atoms. The van der Waals surface area contributed by atoms with E-state index in [0.29, 0.717) is 36.8 Å². The predicted molar refractivity (Wildman–Crippen MR) is 93.7 cm³/mol. The number of fused-ring (bicyclic) bond motifs is 1. The first-order chi connectivity index (χ1) is 11.7. The number of ether oxygens (including phenoxy) is 1. The van der Waals surface area contributed by atoms with Crippen LogP contribution in [0.4, 0.5) is 4.79 Å². The molecule has 0 atom stereocenters. The van der Waals surface area contributed by atoms with Crippen LogP contribution < -0.4 is 5.56 Å². The normalized spacial score (nSPS) is 16.2. The number of phenolic OH excluding ortho intramolecular Hbond substituents is 1. The zero-order chi connectivity index (χ0) is 18.2. The molecule has 7 heteroatoms. The summed E-state index contributed by atoms with van der Waals surface area (Å²) in [6, 6.07) is 4.56. The highest BCUT2D eigenvalue weighted by Crippen LogP contribution is 2.23. The van der Waals surface area contributed by atoms with Gasteiger partial charge in [-0.3, -0.25) is 9.36 Å². The quantitative estimate of drug-likeness (QED) is 0.859. The molecule has 1 amide bonds. The van der Waals surface area contributed by atoms with Crippen molar-refractivity contribution in [1.29, 1.82) is 0 Å². The number of nitrogens with zero attached hydrogens (tertiary/aromatic N) is 3. The highest BCUT2D eigenvalue weighted by molar-refractivity contribution is 5.78. The molecule has 1 aliphatic heterocycles. The number of carbonyl (C=O) groups is 1. The molecule has 0 aliphatic carbocycles. The Labute approximate surface area is 145 Å². The lowest BCUT2D eigenvalue weighted by atomic mass is 10.0. The average Bonchev–Trinajstić information content (AvgIpc) is 2.54. The molecule has 0 bridgehead atoms. The minimum atomic E-state index is -0.519. The number of hydrogen-bond donors (Lipinski definition) is 1. The highest BCUT2D eigenvalue weighted by atomic mass is 16.6. The van der Waals surface area contributed by atoms with Crippen molar-refractivity contribution in [2.45, 2.75) is 45.3 Å². The van der Waals surface area contributed by atoms with Crippen LogP contribution in [0.2, 0.25) is 0 Å². The third-order valence-electron chi connectivity index (χ3n) is 4.28. The molecule has 1 aromatic carbocycles. The van der Waals surface area contributed by atoms with Gasteiger partial charge >= 0.3 is 6.09 Å². The third kappa shape index (κ3) is 3.75. The third-order valence-corrected chi connectivity index (χ3v) is 4.28. The van der Waals surface area contributed by atoms with Crippen LogP contribution in [0.15, 0.2) is 29.3 Å². The molecule has 1 N–H and O–H groups in total. The Kier molecular flexibility index (Phi) is 4.41. The van der Waals surface area contributed by atoms with Gasteiger partial charge in [-0.05, 0) is 51.8 Å². The Balaban J connectivity index is 1.75. The van der Waals surface area contributed by atoms with Crippen molar-refractivity contribution in [1.82, 2.24) is 14.5 Å². The smallest absolute Gasteiger partial charge is 0.410 e. The fourth-order valence-corrected chi connectivity index (χ4v) is 3.04. The highest BCUT2D eigenvalue weighted by Gasteiger charge is 2.28. The van der Waals surface area contributed by atoms with Crippen LogP contribution in [0.25, 0.3) is 10.9 Å². The molecule has 3 rings (SSSR count). The molecule has 7 nitrogen and oxygen atoms in total. The fourth-order valence-electron chi connectivity index (χ4n) is 3.04. The van der Waals surface area contributed by atoms with Gasteiger partial charge in [-0.2, -0.15) is 0 Å². The summed E-state index contributed by atoms with van der Waals surface area (Å²) in [5.41, 5.74) is -0.128. The molecule has 1 saturated heterocycles. The van der Waals surface area contributed by atoms with Gasteiger partial charge in [0.1, 0.15) is 11.4 Å². The van der Waals surface area contributed by atoms with Gasteiger partial charge in [-0.15, -0.1) is 0 Å². The number of phenols is 1. The van der Waals surface area contributed by atoms with Gasteiger partial charge in [-0.1, -0.05) is 0 Å². The van der Waals surface area contributed by atoms with Crippen LogP contribution in [0.1, 0.15) is 39.7 Å². The monoisotopic (exact) mass is 345 g/mol. The molecule has 2 heterocycles. The molecular formula is C18H23N3O4. The Bertz CT molecular complexity index is 846. The van der Waals surface area contributed by atoms with E-state index in [0.717, 1.165) is 0 Å². The van der Waals surface area contributed by atoms with E-state index < -0.39 is 5.60 Å². The number of aromatic hydroxyl groups is 1. The zero-order valence-corrected chi connectivity index (χ0v) is 14.7. The first kappa shape index (κ1) is 17.3. The summed E-state index contributed by atoms with van der Waals surface area (Å²) in [6.07, 6.45) is 2.55. The summed E-state index contributed by atoms with van der Waals surface area (Å²) in [7, 11) is 0. The van der Waals surface area contributed by atoms with Crippen LogP contribution >= 0.6 is 0 Å². The van der Waals surface area contributed by atoms with E-state index in [2.05, 4.69) is 4.98 Å². The number of piperidine rings is 1. The van der Waals surface area contributed by atoms with Gasteiger partial charge in [0.05, 0.1) is 17.2 Å². The summed E-state index contributed by atoms with van der Waals surface area (Å²) >= 11 is 0. The lowest BCUT2D eigenvalue weighted by Crippen LogP contribution is -2.43. The number of hydrogen-bond acceptors (Lipinski definition) is 5. The zero-order valence-electron chi connectivity index (χ0n) is 14.7. The second kappa shape index (κ2) is 6.38. The standard InChI is InChI=1S/C18H23N3O4/c1-18(2,3)25-17(24)20-8-6-12(7-9-20)21-11-19-15-5-4-13(22)10-14(15)16(21)23/h4-5,10-12,22H,6-9H2,1-3H3. The van der Waals surface area contributed by atoms with Gasteiger partial charge in [0.2, 0.25) is 0 Å². The van der Waals surface area contributed by atoms with Gasteiger partial charge < -0.3 is 14.7 Å².